The Morgan fingerprint density at radius 2 is 1.93 bits per heavy atom. The summed E-state index contributed by atoms with van der Waals surface area (Å²) in [4.78, 5) is 39.3. The van der Waals surface area contributed by atoms with Crippen LogP contribution in [0.25, 0.3) is 0 Å². The molecule has 7 heteroatoms. The zero-order valence-electron chi connectivity index (χ0n) is 15.9. The van der Waals surface area contributed by atoms with Crippen molar-refractivity contribution in [2.75, 3.05) is 18.4 Å². The molecule has 1 atom stereocenters. The van der Waals surface area contributed by atoms with Crippen molar-refractivity contribution in [3.8, 4) is 0 Å². The molecule has 1 fully saturated rings. The van der Waals surface area contributed by atoms with Crippen LogP contribution in [0, 0.1) is 5.92 Å². The standard InChI is InChI=1S/C20H28N2O4S/c1-2-13-6-7-14-15(12-13)27-19(21-16(23)8-9-17(24)25)18(14)20(26)22-10-4-3-5-11-22/h13H,2-12H2,1H3,(H,21,23)(H,24,25). The third-order valence-electron chi connectivity index (χ3n) is 5.62. The molecule has 1 unspecified atom stereocenters. The highest BCUT2D eigenvalue weighted by molar-refractivity contribution is 7.17. The fraction of sp³-hybridized carbons (Fsp3) is 0.650. The van der Waals surface area contributed by atoms with Crippen molar-refractivity contribution >= 4 is 34.1 Å². The molecule has 0 aromatic carbocycles. The molecule has 1 aromatic rings. The van der Waals surface area contributed by atoms with E-state index in [1.807, 2.05) is 4.90 Å². The number of nitrogens with one attached hydrogen (secondary N) is 1. The molecule has 2 amide bonds. The maximum atomic E-state index is 13.2. The quantitative estimate of drug-likeness (QED) is 0.773. The van der Waals surface area contributed by atoms with E-state index in [1.165, 1.54) is 16.2 Å². The van der Waals surface area contributed by atoms with E-state index >= 15 is 0 Å². The van der Waals surface area contributed by atoms with Gasteiger partial charge < -0.3 is 15.3 Å². The van der Waals surface area contributed by atoms with Gasteiger partial charge in [0.05, 0.1) is 12.0 Å². The maximum Gasteiger partial charge on any atom is 0.303 e. The SMILES string of the molecule is CCC1CCc2c(sc(NC(=O)CCC(=O)O)c2C(=O)N2CCCCC2)C1. The van der Waals surface area contributed by atoms with Crippen molar-refractivity contribution < 1.29 is 19.5 Å². The number of piperidine rings is 1. The van der Waals surface area contributed by atoms with Crippen molar-refractivity contribution in [2.45, 2.75) is 64.7 Å². The van der Waals surface area contributed by atoms with Crippen LogP contribution in [-0.2, 0) is 22.4 Å². The number of amides is 2. The molecule has 1 aliphatic heterocycles. The van der Waals surface area contributed by atoms with E-state index in [2.05, 4.69) is 12.2 Å². The zero-order valence-corrected chi connectivity index (χ0v) is 16.7. The first kappa shape index (κ1) is 19.9. The van der Waals surface area contributed by atoms with Crippen LogP contribution >= 0.6 is 11.3 Å². The fourth-order valence-electron chi connectivity index (χ4n) is 3.98. The number of likely N-dealkylation sites (tertiary alicyclic amines) is 1. The highest BCUT2D eigenvalue weighted by Crippen LogP contribution is 2.41. The van der Waals surface area contributed by atoms with E-state index in [-0.39, 0.29) is 24.7 Å². The summed E-state index contributed by atoms with van der Waals surface area (Å²) in [6.07, 6.45) is 6.96. The van der Waals surface area contributed by atoms with Gasteiger partial charge in [-0.2, -0.15) is 0 Å². The molecule has 0 radical (unpaired) electrons. The first-order valence-electron chi connectivity index (χ1n) is 9.95. The van der Waals surface area contributed by atoms with E-state index in [1.54, 1.807) is 0 Å². The minimum atomic E-state index is -0.994. The fourth-order valence-corrected chi connectivity index (χ4v) is 5.35. The zero-order chi connectivity index (χ0) is 19.4. The van der Waals surface area contributed by atoms with Crippen molar-refractivity contribution in [1.29, 1.82) is 0 Å². The van der Waals surface area contributed by atoms with Crippen LogP contribution in [0.15, 0.2) is 0 Å². The van der Waals surface area contributed by atoms with Crippen LogP contribution in [0.4, 0.5) is 5.00 Å². The average molecular weight is 393 g/mol. The van der Waals surface area contributed by atoms with Crippen molar-refractivity contribution in [1.82, 2.24) is 4.90 Å². The number of anilines is 1. The summed E-state index contributed by atoms with van der Waals surface area (Å²) in [5, 5.41) is 12.3. The maximum absolute atomic E-state index is 13.2. The molecule has 0 saturated carbocycles. The molecule has 27 heavy (non-hydrogen) atoms. The van der Waals surface area contributed by atoms with Gasteiger partial charge in [0.2, 0.25) is 5.91 Å². The Morgan fingerprint density at radius 3 is 2.59 bits per heavy atom. The summed E-state index contributed by atoms with van der Waals surface area (Å²) in [6, 6.07) is 0. The van der Waals surface area contributed by atoms with Crippen LogP contribution in [0.3, 0.4) is 0 Å². The number of nitrogens with zero attached hydrogens (tertiary/aromatic N) is 1. The molecular weight excluding hydrogens is 364 g/mol. The number of carbonyl (C=O) groups is 3. The number of carboxylic acids is 1. The molecule has 1 aromatic heterocycles. The van der Waals surface area contributed by atoms with Crippen LogP contribution in [0.2, 0.25) is 0 Å². The molecule has 2 N–H and O–H groups in total. The summed E-state index contributed by atoms with van der Waals surface area (Å²) >= 11 is 1.51. The molecule has 3 rings (SSSR count). The summed E-state index contributed by atoms with van der Waals surface area (Å²) in [5.41, 5.74) is 1.77. The third kappa shape index (κ3) is 4.69. The molecular formula is C20H28N2O4S. The number of hydrogen-bond donors (Lipinski definition) is 2. The Labute approximate surface area is 163 Å². The van der Waals surface area contributed by atoms with Gasteiger partial charge in [0.25, 0.3) is 5.91 Å². The van der Waals surface area contributed by atoms with E-state index in [4.69, 9.17) is 5.11 Å². The largest absolute Gasteiger partial charge is 0.481 e. The van der Waals surface area contributed by atoms with Gasteiger partial charge in [-0.3, -0.25) is 14.4 Å². The lowest BCUT2D eigenvalue weighted by Gasteiger charge is -2.28. The Kier molecular flexibility index (Phi) is 6.52. The summed E-state index contributed by atoms with van der Waals surface area (Å²) in [5.74, 6) is -0.679. The molecule has 6 nitrogen and oxygen atoms in total. The molecule has 0 bridgehead atoms. The molecule has 1 aliphatic carbocycles. The Balaban J connectivity index is 1.86. The van der Waals surface area contributed by atoms with Gasteiger partial charge in [0, 0.05) is 24.4 Å². The topological polar surface area (TPSA) is 86.7 Å². The van der Waals surface area contributed by atoms with Gasteiger partial charge in [-0.1, -0.05) is 13.3 Å². The first-order valence-corrected chi connectivity index (χ1v) is 10.8. The second-order valence-electron chi connectivity index (χ2n) is 7.52. The minimum Gasteiger partial charge on any atom is -0.481 e. The third-order valence-corrected chi connectivity index (χ3v) is 6.79. The number of thiophene rings is 1. The van der Waals surface area contributed by atoms with Crippen LogP contribution in [0.5, 0.6) is 0 Å². The van der Waals surface area contributed by atoms with Crippen molar-refractivity contribution in [2.24, 2.45) is 5.92 Å². The van der Waals surface area contributed by atoms with Crippen molar-refractivity contribution in [3.05, 3.63) is 16.0 Å². The van der Waals surface area contributed by atoms with E-state index in [0.717, 1.165) is 63.6 Å². The van der Waals surface area contributed by atoms with Crippen LogP contribution in [0.1, 0.15) is 72.7 Å². The lowest BCUT2D eigenvalue weighted by Crippen LogP contribution is -2.36. The number of carbonyl (C=O) groups excluding carboxylic acids is 2. The Bertz CT molecular complexity index is 722. The van der Waals surface area contributed by atoms with Crippen LogP contribution in [-0.4, -0.2) is 40.9 Å². The number of aliphatic carboxylic acids is 1. The number of fused-ring (bicyclic) bond motifs is 1. The van der Waals surface area contributed by atoms with Gasteiger partial charge in [0.15, 0.2) is 0 Å². The number of hydrogen-bond acceptors (Lipinski definition) is 4. The highest BCUT2D eigenvalue weighted by Gasteiger charge is 2.31. The van der Waals surface area contributed by atoms with Crippen molar-refractivity contribution in [3.63, 3.8) is 0 Å². The number of carboxylic acid groups (broad SMARTS) is 1. The summed E-state index contributed by atoms with van der Waals surface area (Å²) in [6.45, 7) is 3.73. The predicted octanol–water partition coefficient (Wildman–Crippen LogP) is 3.69. The molecule has 0 spiro atoms. The van der Waals surface area contributed by atoms with Gasteiger partial charge in [-0.25, -0.2) is 0 Å². The minimum absolute atomic E-state index is 0.0238. The van der Waals surface area contributed by atoms with Gasteiger partial charge >= 0.3 is 5.97 Å². The lowest BCUT2D eigenvalue weighted by molar-refractivity contribution is -0.138. The Morgan fingerprint density at radius 1 is 1.19 bits per heavy atom. The summed E-state index contributed by atoms with van der Waals surface area (Å²) < 4.78 is 0. The smallest absolute Gasteiger partial charge is 0.303 e. The second kappa shape index (κ2) is 8.87. The normalized spacial score (nSPS) is 19.4. The number of rotatable bonds is 6. The molecule has 2 aliphatic rings. The van der Waals surface area contributed by atoms with Gasteiger partial charge in [0.1, 0.15) is 5.00 Å². The molecule has 1 saturated heterocycles. The summed E-state index contributed by atoms with van der Waals surface area (Å²) in [7, 11) is 0. The second-order valence-corrected chi connectivity index (χ2v) is 8.62. The van der Waals surface area contributed by atoms with Crippen LogP contribution < -0.4 is 5.32 Å². The lowest BCUT2D eigenvalue weighted by atomic mass is 9.85. The average Bonchev–Trinajstić information content (AvgIpc) is 3.03. The first-order chi connectivity index (χ1) is 13.0. The monoisotopic (exact) mass is 392 g/mol. The Hall–Kier alpha value is -1.89. The van der Waals surface area contributed by atoms with E-state index < -0.39 is 5.97 Å². The van der Waals surface area contributed by atoms with E-state index in [0.29, 0.717) is 16.5 Å². The molecule has 148 valence electrons. The van der Waals surface area contributed by atoms with Gasteiger partial charge in [-0.15, -0.1) is 11.3 Å². The molecule has 2 heterocycles. The predicted molar refractivity (Wildman–Crippen MR) is 105 cm³/mol. The van der Waals surface area contributed by atoms with Gasteiger partial charge in [-0.05, 0) is 50.0 Å². The van der Waals surface area contributed by atoms with E-state index in [9.17, 15) is 14.4 Å². The highest BCUT2D eigenvalue weighted by atomic mass is 32.1.